The van der Waals surface area contributed by atoms with E-state index in [2.05, 4.69) is 52.8 Å². The Morgan fingerprint density at radius 3 is 2.65 bits per heavy atom. The summed E-state index contributed by atoms with van der Waals surface area (Å²) in [5.74, 6) is 4.73. The van der Waals surface area contributed by atoms with Gasteiger partial charge in [0.15, 0.2) is 0 Å². The van der Waals surface area contributed by atoms with Crippen molar-refractivity contribution in [1.29, 1.82) is 0 Å². The van der Waals surface area contributed by atoms with Gasteiger partial charge < -0.3 is 14.7 Å². The van der Waals surface area contributed by atoms with Gasteiger partial charge in [-0.05, 0) is 142 Å². The topological polar surface area (TPSA) is 78.9 Å². The van der Waals surface area contributed by atoms with E-state index in [9.17, 15) is 14.1 Å². The van der Waals surface area contributed by atoms with Gasteiger partial charge in [0.1, 0.15) is 0 Å². The zero-order valence-electron chi connectivity index (χ0n) is 28.9. The molecule has 2 saturated carbocycles. The third-order valence-corrected chi connectivity index (χ3v) is 15.4. The van der Waals surface area contributed by atoms with Crippen LogP contribution in [0.2, 0.25) is 5.02 Å². The Balaban J connectivity index is 1.32. The van der Waals surface area contributed by atoms with Crippen LogP contribution in [-0.4, -0.2) is 58.2 Å². The normalized spacial score (nSPS) is 36.6. The van der Waals surface area contributed by atoms with Crippen molar-refractivity contribution < 1.29 is 18.8 Å². The number of anilines is 1. The minimum atomic E-state index is -2.93. The predicted molar refractivity (Wildman–Crippen MR) is 197 cm³/mol. The molecular weight excluding hydrogens is 640 g/mol. The standard InChI is InChI=1S/C40H53ClN2O4S/c1-26-7-5-19-40(47-3,23-37(44)29-10-11-29)35-15-13-32(35)24-43-25-39(18-6-8-30-21-33(41)14-16-34(30)39)20-17-28-9-12-31(22-36(28)43)38(45)42-48(4,46)27(26)2/h5,9,12,14,16,19,21-22,26-27,29,32,35,37,44H,4,6-8,10-11,13,15,17-18,20,23-25H2,1-3H3,(H,42,45,46)/b19-5+/t26-,27+,32-,35+,37+,39+,40+,48?/m0/s1. The molecule has 1 spiro atoms. The molecule has 1 amide bonds. The molecular formula is C40H53ClN2O4S. The number of amides is 1. The van der Waals surface area contributed by atoms with E-state index in [4.69, 9.17) is 16.3 Å². The first-order valence-electron chi connectivity index (χ1n) is 18.2. The van der Waals surface area contributed by atoms with Crippen LogP contribution >= 0.6 is 11.6 Å². The second-order valence-corrected chi connectivity index (χ2v) is 18.7. The molecule has 8 heteroatoms. The van der Waals surface area contributed by atoms with Gasteiger partial charge in [0.05, 0.1) is 21.4 Å². The fourth-order valence-corrected chi connectivity index (χ4v) is 11.1. The second kappa shape index (κ2) is 13.1. The highest BCUT2D eigenvalue weighted by Crippen LogP contribution is 2.51. The van der Waals surface area contributed by atoms with E-state index in [0.717, 1.165) is 81.6 Å². The van der Waals surface area contributed by atoms with Gasteiger partial charge in [-0.3, -0.25) is 9.52 Å². The van der Waals surface area contributed by atoms with E-state index in [-0.39, 0.29) is 34.5 Å². The molecule has 6 nitrogen and oxygen atoms in total. The van der Waals surface area contributed by atoms with Crippen LogP contribution in [0.1, 0.15) is 98.7 Å². The minimum absolute atomic E-state index is 0.0199. The molecule has 3 aliphatic carbocycles. The summed E-state index contributed by atoms with van der Waals surface area (Å²) in [6.07, 6.45) is 14.9. The van der Waals surface area contributed by atoms with Crippen LogP contribution < -0.4 is 9.62 Å². The van der Waals surface area contributed by atoms with Gasteiger partial charge in [0.2, 0.25) is 0 Å². The minimum Gasteiger partial charge on any atom is -0.393 e. The monoisotopic (exact) mass is 692 g/mol. The SMILES string of the molecule is C=S1(=O)NC(=O)c2ccc3c(c2)N(C[C@@H]2CC[C@H]2[C@@](C[C@@H](O)C2CC2)(OC)/C=C/C[C@H](C)[C@H]1C)C[C@@]1(CCCc2cc(Cl)ccc21)CC3. The number of hydrogen-bond acceptors (Lipinski definition) is 5. The Morgan fingerprint density at radius 1 is 1.10 bits per heavy atom. The fraction of sp³-hybridized carbons (Fsp3) is 0.600. The number of carbonyl (C=O) groups excluding carboxylic acids is 1. The lowest BCUT2D eigenvalue weighted by Crippen LogP contribution is -2.53. The number of halogens is 1. The highest BCUT2D eigenvalue weighted by atomic mass is 35.5. The highest BCUT2D eigenvalue weighted by molar-refractivity contribution is 7.99. The molecule has 260 valence electrons. The molecule has 8 atom stereocenters. The third-order valence-electron chi connectivity index (χ3n) is 12.9. The maximum atomic E-state index is 13.9. The molecule has 0 aromatic heterocycles. The smallest absolute Gasteiger partial charge is 0.262 e. The molecule has 2 heterocycles. The number of benzene rings is 2. The average Bonchev–Trinajstić information content (AvgIpc) is 3.91. The van der Waals surface area contributed by atoms with Crippen LogP contribution in [0.4, 0.5) is 5.69 Å². The van der Waals surface area contributed by atoms with Crippen LogP contribution in [0.3, 0.4) is 0 Å². The number of ether oxygens (including phenoxy) is 1. The molecule has 2 aromatic rings. The Kier molecular flexibility index (Phi) is 9.32. The Hall–Kier alpha value is -2.32. The molecule has 2 N–H and O–H groups in total. The first kappa shape index (κ1) is 34.1. The number of rotatable bonds is 4. The van der Waals surface area contributed by atoms with Crippen molar-refractivity contribution >= 4 is 38.8 Å². The van der Waals surface area contributed by atoms with Crippen LogP contribution in [0.25, 0.3) is 0 Å². The number of fused-ring (bicyclic) bond motifs is 4. The van der Waals surface area contributed by atoms with E-state index in [0.29, 0.717) is 30.2 Å². The number of hydrogen-bond donors (Lipinski definition) is 2. The summed E-state index contributed by atoms with van der Waals surface area (Å²) in [4.78, 5) is 16.3. The van der Waals surface area contributed by atoms with E-state index in [1.54, 1.807) is 0 Å². The lowest BCUT2D eigenvalue weighted by atomic mass is 9.62. The summed E-state index contributed by atoms with van der Waals surface area (Å²) in [6.45, 7) is 5.71. The van der Waals surface area contributed by atoms with Crippen molar-refractivity contribution in [3.8, 4) is 0 Å². The summed E-state index contributed by atoms with van der Waals surface area (Å²) in [7, 11) is -1.12. The number of nitrogens with one attached hydrogen (secondary N) is 1. The van der Waals surface area contributed by atoms with Gasteiger partial charge in [0, 0.05) is 53.6 Å². The number of aryl methyl sites for hydroxylation is 2. The molecule has 7 rings (SSSR count). The number of aliphatic hydroxyl groups excluding tert-OH is 1. The fourth-order valence-electron chi connectivity index (χ4n) is 9.43. The molecule has 48 heavy (non-hydrogen) atoms. The number of carbonyl (C=O) groups is 1. The van der Waals surface area contributed by atoms with Crippen LogP contribution in [0, 0.1) is 23.7 Å². The summed E-state index contributed by atoms with van der Waals surface area (Å²) in [5.41, 5.74) is 5.07. The molecule has 5 aliphatic rings. The van der Waals surface area contributed by atoms with E-state index in [1.807, 2.05) is 32.2 Å². The maximum Gasteiger partial charge on any atom is 0.262 e. The summed E-state index contributed by atoms with van der Waals surface area (Å²) in [6, 6.07) is 12.5. The van der Waals surface area contributed by atoms with Gasteiger partial charge in [-0.25, -0.2) is 4.21 Å². The van der Waals surface area contributed by atoms with Gasteiger partial charge >= 0.3 is 0 Å². The predicted octanol–water partition coefficient (Wildman–Crippen LogP) is 7.29. The maximum absolute atomic E-state index is 13.9. The summed E-state index contributed by atoms with van der Waals surface area (Å²) < 4.78 is 23.3. The zero-order valence-corrected chi connectivity index (χ0v) is 30.5. The van der Waals surface area contributed by atoms with Crippen molar-refractivity contribution in [2.24, 2.45) is 23.7 Å². The zero-order chi connectivity index (χ0) is 33.8. The van der Waals surface area contributed by atoms with Gasteiger partial charge in [-0.15, -0.1) is 0 Å². The molecule has 2 aliphatic heterocycles. The van der Waals surface area contributed by atoms with Gasteiger partial charge in [0.25, 0.3) is 5.91 Å². The lowest BCUT2D eigenvalue weighted by molar-refractivity contribution is -0.100. The Morgan fingerprint density at radius 2 is 1.92 bits per heavy atom. The first-order chi connectivity index (χ1) is 22.9. The summed E-state index contributed by atoms with van der Waals surface area (Å²) in [5, 5.41) is 11.8. The molecule has 0 radical (unpaired) electrons. The lowest BCUT2D eigenvalue weighted by Gasteiger charge is -2.51. The van der Waals surface area contributed by atoms with Gasteiger partial charge in [-0.2, -0.15) is 0 Å². The number of allylic oxidation sites excluding steroid dienone is 1. The van der Waals surface area contributed by atoms with Crippen molar-refractivity contribution in [2.45, 2.75) is 107 Å². The van der Waals surface area contributed by atoms with Crippen LogP contribution in [-0.2, 0) is 32.7 Å². The molecule has 0 saturated heterocycles. The molecule has 2 bridgehead atoms. The molecule has 2 aromatic carbocycles. The van der Waals surface area contributed by atoms with Crippen molar-refractivity contribution in [2.75, 3.05) is 25.1 Å². The van der Waals surface area contributed by atoms with E-state index in [1.165, 1.54) is 16.7 Å². The van der Waals surface area contributed by atoms with Gasteiger partial charge in [-0.1, -0.05) is 42.8 Å². The average molecular weight is 693 g/mol. The number of methoxy groups -OCH3 is 1. The van der Waals surface area contributed by atoms with Crippen molar-refractivity contribution in [3.05, 3.63) is 75.8 Å². The second-order valence-electron chi connectivity index (χ2n) is 15.8. The number of aliphatic hydroxyl groups is 1. The Bertz CT molecular complexity index is 1690. The third kappa shape index (κ3) is 6.38. The first-order valence-corrected chi connectivity index (χ1v) is 20.4. The van der Waals surface area contributed by atoms with E-state index >= 15 is 0 Å². The highest BCUT2D eigenvalue weighted by Gasteiger charge is 2.50. The Labute approximate surface area is 292 Å². The van der Waals surface area contributed by atoms with E-state index < -0.39 is 15.3 Å². The molecule has 2 fully saturated rings. The molecule has 1 unspecified atom stereocenters. The van der Waals surface area contributed by atoms with Crippen LogP contribution in [0.5, 0.6) is 0 Å². The quantitative estimate of drug-likeness (QED) is 0.260. The summed E-state index contributed by atoms with van der Waals surface area (Å²) >= 11 is 6.51. The van der Waals surface area contributed by atoms with Crippen molar-refractivity contribution in [1.82, 2.24) is 4.72 Å². The number of nitrogens with zero attached hydrogens (tertiary/aromatic N) is 1. The van der Waals surface area contributed by atoms with Crippen LogP contribution in [0.15, 0.2) is 48.6 Å². The largest absolute Gasteiger partial charge is 0.393 e. The van der Waals surface area contributed by atoms with Crippen molar-refractivity contribution in [3.63, 3.8) is 0 Å².